The highest BCUT2D eigenvalue weighted by atomic mass is 16.5. The standard InChI is InChI=1S/C10H20N2O3/c13-6-8-15-7-5-11-10(14)12-9-3-1-2-4-9/h9,13H,1-8H2,(H2,11,12,14). The Hall–Kier alpha value is -0.810. The van der Waals surface area contributed by atoms with Gasteiger partial charge in [0.25, 0.3) is 0 Å². The van der Waals surface area contributed by atoms with Crippen molar-refractivity contribution in [3.8, 4) is 0 Å². The minimum absolute atomic E-state index is 0.0221. The lowest BCUT2D eigenvalue weighted by atomic mass is 10.3. The van der Waals surface area contributed by atoms with Crippen LogP contribution in [0.2, 0.25) is 0 Å². The Balaban J connectivity index is 1.93. The maximum absolute atomic E-state index is 11.3. The molecular weight excluding hydrogens is 196 g/mol. The number of nitrogens with one attached hydrogen (secondary N) is 2. The van der Waals surface area contributed by atoms with Gasteiger partial charge in [-0.05, 0) is 12.8 Å². The lowest BCUT2D eigenvalue weighted by Crippen LogP contribution is -2.42. The van der Waals surface area contributed by atoms with Gasteiger partial charge in [0.15, 0.2) is 0 Å². The number of rotatable bonds is 6. The Morgan fingerprint density at radius 1 is 1.33 bits per heavy atom. The predicted molar refractivity (Wildman–Crippen MR) is 56.7 cm³/mol. The summed E-state index contributed by atoms with van der Waals surface area (Å²) in [5.74, 6) is 0. The van der Waals surface area contributed by atoms with E-state index in [0.717, 1.165) is 12.8 Å². The Bertz CT molecular complexity index is 182. The van der Waals surface area contributed by atoms with Crippen molar-refractivity contribution >= 4 is 6.03 Å². The topological polar surface area (TPSA) is 70.6 Å². The van der Waals surface area contributed by atoms with Crippen molar-refractivity contribution in [1.29, 1.82) is 0 Å². The minimum atomic E-state index is -0.116. The molecule has 0 atom stereocenters. The summed E-state index contributed by atoms with van der Waals surface area (Å²) in [6, 6.07) is 0.234. The molecule has 1 rings (SSSR count). The molecule has 0 aromatic rings. The van der Waals surface area contributed by atoms with Crippen molar-refractivity contribution in [3.05, 3.63) is 0 Å². The van der Waals surface area contributed by atoms with Crippen molar-refractivity contribution in [3.63, 3.8) is 0 Å². The molecular formula is C10H20N2O3. The van der Waals surface area contributed by atoms with E-state index in [-0.39, 0.29) is 12.6 Å². The molecule has 5 nitrogen and oxygen atoms in total. The van der Waals surface area contributed by atoms with E-state index in [1.54, 1.807) is 0 Å². The van der Waals surface area contributed by atoms with Crippen molar-refractivity contribution in [2.24, 2.45) is 0 Å². The molecule has 1 saturated carbocycles. The predicted octanol–water partition coefficient (Wildman–Crippen LogP) is 0.237. The number of urea groups is 1. The number of amides is 2. The number of aliphatic hydroxyl groups excluding tert-OH is 1. The van der Waals surface area contributed by atoms with Gasteiger partial charge in [-0.15, -0.1) is 0 Å². The molecule has 1 aliphatic carbocycles. The van der Waals surface area contributed by atoms with E-state index in [0.29, 0.717) is 25.8 Å². The van der Waals surface area contributed by atoms with Crippen LogP contribution >= 0.6 is 0 Å². The molecule has 3 N–H and O–H groups in total. The SMILES string of the molecule is O=C(NCCOCCO)NC1CCCC1. The second-order valence-corrected chi connectivity index (χ2v) is 3.72. The Kier molecular flexibility index (Phi) is 6.11. The average Bonchev–Trinajstić information content (AvgIpc) is 2.70. The van der Waals surface area contributed by atoms with E-state index in [4.69, 9.17) is 9.84 Å². The normalized spacial score (nSPS) is 16.6. The number of ether oxygens (including phenoxy) is 1. The molecule has 1 aliphatic rings. The molecule has 5 heteroatoms. The van der Waals surface area contributed by atoms with Gasteiger partial charge in [0.1, 0.15) is 0 Å². The van der Waals surface area contributed by atoms with Gasteiger partial charge < -0.3 is 20.5 Å². The van der Waals surface area contributed by atoms with Gasteiger partial charge in [-0.25, -0.2) is 4.79 Å². The molecule has 0 saturated heterocycles. The third-order valence-electron chi connectivity index (χ3n) is 2.46. The summed E-state index contributed by atoms with van der Waals surface area (Å²) in [5.41, 5.74) is 0. The van der Waals surface area contributed by atoms with Gasteiger partial charge in [-0.3, -0.25) is 0 Å². The fraction of sp³-hybridized carbons (Fsp3) is 0.900. The summed E-state index contributed by atoms with van der Waals surface area (Å²) in [4.78, 5) is 11.3. The van der Waals surface area contributed by atoms with Gasteiger partial charge in [-0.2, -0.15) is 0 Å². The van der Waals surface area contributed by atoms with Crippen molar-refractivity contribution in [1.82, 2.24) is 10.6 Å². The lowest BCUT2D eigenvalue weighted by molar-refractivity contribution is 0.0946. The summed E-state index contributed by atoms with van der Waals surface area (Å²) in [6.07, 6.45) is 4.61. The summed E-state index contributed by atoms with van der Waals surface area (Å²) < 4.78 is 5.01. The van der Waals surface area contributed by atoms with E-state index in [1.807, 2.05) is 0 Å². The lowest BCUT2D eigenvalue weighted by Gasteiger charge is -2.12. The zero-order chi connectivity index (χ0) is 10.9. The molecule has 15 heavy (non-hydrogen) atoms. The van der Waals surface area contributed by atoms with Crippen LogP contribution in [0.5, 0.6) is 0 Å². The van der Waals surface area contributed by atoms with Gasteiger partial charge in [0, 0.05) is 12.6 Å². The van der Waals surface area contributed by atoms with E-state index < -0.39 is 0 Å². The summed E-state index contributed by atoms with van der Waals surface area (Å²) in [6.45, 7) is 1.28. The number of hydrogen-bond acceptors (Lipinski definition) is 3. The van der Waals surface area contributed by atoms with E-state index in [2.05, 4.69) is 10.6 Å². The maximum Gasteiger partial charge on any atom is 0.315 e. The molecule has 2 amide bonds. The van der Waals surface area contributed by atoms with Crippen LogP contribution in [0.1, 0.15) is 25.7 Å². The smallest absolute Gasteiger partial charge is 0.315 e. The van der Waals surface area contributed by atoms with Crippen LogP contribution in [0.3, 0.4) is 0 Å². The van der Waals surface area contributed by atoms with Gasteiger partial charge in [-0.1, -0.05) is 12.8 Å². The zero-order valence-electron chi connectivity index (χ0n) is 9.00. The number of aliphatic hydroxyl groups is 1. The quantitative estimate of drug-likeness (QED) is 0.557. The molecule has 0 radical (unpaired) electrons. The highest BCUT2D eigenvalue weighted by Crippen LogP contribution is 2.17. The van der Waals surface area contributed by atoms with E-state index in [1.165, 1.54) is 12.8 Å². The van der Waals surface area contributed by atoms with Crippen molar-refractivity contribution in [2.75, 3.05) is 26.4 Å². The maximum atomic E-state index is 11.3. The van der Waals surface area contributed by atoms with Crippen LogP contribution in [-0.2, 0) is 4.74 Å². The average molecular weight is 216 g/mol. The first-order valence-corrected chi connectivity index (χ1v) is 5.56. The molecule has 0 aliphatic heterocycles. The molecule has 0 spiro atoms. The molecule has 1 fully saturated rings. The number of hydrogen-bond donors (Lipinski definition) is 3. The number of carbonyl (C=O) groups is 1. The fourth-order valence-electron chi connectivity index (χ4n) is 1.71. The summed E-state index contributed by atoms with van der Waals surface area (Å²) in [7, 11) is 0. The second kappa shape index (κ2) is 7.48. The highest BCUT2D eigenvalue weighted by molar-refractivity contribution is 5.74. The number of carbonyl (C=O) groups excluding carboxylic acids is 1. The third-order valence-corrected chi connectivity index (χ3v) is 2.46. The first-order valence-electron chi connectivity index (χ1n) is 5.56. The van der Waals surface area contributed by atoms with Gasteiger partial charge >= 0.3 is 6.03 Å². The van der Waals surface area contributed by atoms with E-state index in [9.17, 15) is 4.79 Å². The third kappa shape index (κ3) is 5.59. The highest BCUT2D eigenvalue weighted by Gasteiger charge is 2.16. The van der Waals surface area contributed by atoms with E-state index >= 15 is 0 Å². The van der Waals surface area contributed by atoms with Crippen LogP contribution in [0.25, 0.3) is 0 Å². The molecule has 0 aromatic carbocycles. The van der Waals surface area contributed by atoms with Crippen LogP contribution < -0.4 is 10.6 Å². The van der Waals surface area contributed by atoms with Crippen molar-refractivity contribution in [2.45, 2.75) is 31.7 Å². The Labute approximate surface area is 90.2 Å². The minimum Gasteiger partial charge on any atom is -0.394 e. The monoisotopic (exact) mass is 216 g/mol. The Morgan fingerprint density at radius 3 is 2.73 bits per heavy atom. The summed E-state index contributed by atoms with van der Waals surface area (Å²) >= 11 is 0. The Morgan fingerprint density at radius 2 is 2.07 bits per heavy atom. The molecule has 88 valence electrons. The molecule has 0 unspecified atom stereocenters. The van der Waals surface area contributed by atoms with Crippen molar-refractivity contribution < 1.29 is 14.6 Å². The molecule has 0 aromatic heterocycles. The zero-order valence-corrected chi connectivity index (χ0v) is 9.00. The fourth-order valence-corrected chi connectivity index (χ4v) is 1.71. The second-order valence-electron chi connectivity index (χ2n) is 3.72. The van der Waals surface area contributed by atoms with Crippen LogP contribution in [0, 0.1) is 0 Å². The first kappa shape index (κ1) is 12.3. The van der Waals surface area contributed by atoms with Crippen LogP contribution in [0.4, 0.5) is 4.79 Å². The first-order chi connectivity index (χ1) is 7.33. The largest absolute Gasteiger partial charge is 0.394 e. The van der Waals surface area contributed by atoms with Gasteiger partial charge in [0.05, 0.1) is 19.8 Å². The van der Waals surface area contributed by atoms with Crippen LogP contribution in [0.15, 0.2) is 0 Å². The van der Waals surface area contributed by atoms with Crippen LogP contribution in [-0.4, -0.2) is 43.5 Å². The van der Waals surface area contributed by atoms with Gasteiger partial charge in [0.2, 0.25) is 0 Å². The molecule has 0 bridgehead atoms. The summed E-state index contributed by atoms with van der Waals surface area (Å²) in [5, 5.41) is 14.1. The molecule has 0 heterocycles.